The molecule has 0 aliphatic carbocycles. The van der Waals surface area contributed by atoms with Crippen LogP contribution in [0, 0.1) is 13.8 Å². The van der Waals surface area contributed by atoms with E-state index in [9.17, 15) is 9.59 Å². The summed E-state index contributed by atoms with van der Waals surface area (Å²) in [5, 5.41) is 1.09. The Labute approximate surface area is 137 Å². The molecule has 0 saturated heterocycles. The van der Waals surface area contributed by atoms with Crippen molar-refractivity contribution >= 4 is 22.6 Å². The Morgan fingerprint density at radius 2 is 1.78 bits per heavy atom. The minimum atomic E-state index is -0.380. The van der Waals surface area contributed by atoms with E-state index in [4.69, 9.17) is 11.6 Å². The van der Waals surface area contributed by atoms with E-state index in [1.807, 2.05) is 19.9 Å². The summed E-state index contributed by atoms with van der Waals surface area (Å²) in [6.45, 7) is 3.90. The van der Waals surface area contributed by atoms with Gasteiger partial charge in [0.05, 0.1) is 11.9 Å². The van der Waals surface area contributed by atoms with Gasteiger partial charge in [-0.3, -0.25) is 13.9 Å². The van der Waals surface area contributed by atoms with Crippen molar-refractivity contribution in [1.29, 1.82) is 0 Å². The first-order valence-electron chi connectivity index (χ1n) is 7.20. The number of rotatable bonds is 2. The van der Waals surface area contributed by atoms with Crippen LogP contribution in [0.4, 0.5) is 0 Å². The monoisotopic (exact) mass is 329 g/mol. The number of aryl methyl sites for hydroxylation is 3. The predicted molar refractivity (Wildman–Crippen MR) is 91.3 cm³/mol. The molecule has 6 heteroatoms. The molecule has 0 unspecified atom stereocenters. The maximum atomic E-state index is 12.8. The molecule has 3 aromatic rings. The average molecular weight is 330 g/mol. The minimum absolute atomic E-state index is 0.200. The van der Waals surface area contributed by atoms with Gasteiger partial charge in [-0.2, -0.15) is 0 Å². The minimum Gasteiger partial charge on any atom is -0.280 e. The zero-order valence-electron chi connectivity index (χ0n) is 13.1. The predicted octanol–water partition coefficient (Wildman–Crippen LogP) is 2.41. The second kappa shape index (κ2) is 5.66. The van der Waals surface area contributed by atoms with Crippen molar-refractivity contribution in [3.63, 3.8) is 0 Å². The summed E-state index contributed by atoms with van der Waals surface area (Å²) < 4.78 is 2.65. The van der Waals surface area contributed by atoms with Crippen LogP contribution in [0.25, 0.3) is 11.0 Å². The van der Waals surface area contributed by atoms with Crippen LogP contribution < -0.4 is 11.2 Å². The number of pyridine rings is 1. The van der Waals surface area contributed by atoms with Crippen molar-refractivity contribution in [2.45, 2.75) is 20.4 Å². The van der Waals surface area contributed by atoms with Crippen molar-refractivity contribution in [1.82, 2.24) is 14.1 Å². The van der Waals surface area contributed by atoms with E-state index in [0.717, 1.165) is 16.8 Å². The molecule has 0 aliphatic rings. The van der Waals surface area contributed by atoms with Crippen LogP contribution in [-0.4, -0.2) is 14.1 Å². The van der Waals surface area contributed by atoms with Gasteiger partial charge >= 0.3 is 5.69 Å². The number of hydrogen-bond acceptors (Lipinski definition) is 3. The van der Waals surface area contributed by atoms with Gasteiger partial charge in [0.15, 0.2) is 0 Å². The Bertz CT molecular complexity index is 1020. The number of aromatic nitrogens is 3. The van der Waals surface area contributed by atoms with Gasteiger partial charge in [-0.15, -0.1) is 0 Å². The number of hydrogen-bond donors (Lipinski definition) is 0. The third-order valence-corrected chi connectivity index (χ3v) is 4.13. The molecule has 0 aliphatic heterocycles. The smallest absolute Gasteiger partial charge is 0.280 e. The largest absolute Gasteiger partial charge is 0.332 e. The molecule has 2 aromatic heterocycles. The van der Waals surface area contributed by atoms with Crippen LogP contribution in [0.15, 0.2) is 39.9 Å². The highest BCUT2D eigenvalue weighted by molar-refractivity contribution is 6.30. The molecule has 0 N–H and O–H groups in total. The molecule has 1 aromatic carbocycles. The van der Waals surface area contributed by atoms with Crippen LogP contribution in [-0.2, 0) is 13.6 Å². The molecule has 0 atom stereocenters. The van der Waals surface area contributed by atoms with E-state index in [0.29, 0.717) is 16.1 Å². The summed E-state index contributed by atoms with van der Waals surface area (Å²) in [7, 11) is 1.63. The maximum Gasteiger partial charge on any atom is 0.332 e. The van der Waals surface area contributed by atoms with Crippen molar-refractivity contribution in [2.75, 3.05) is 0 Å². The van der Waals surface area contributed by atoms with E-state index in [1.54, 1.807) is 31.3 Å². The highest BCUT2D eigenvalue weighted by Crippen LogP contribution is 2.13. The van der Waals surface area contributed by atoms with Crippen LogP contribution >= 0.6 is 11.6 Å². The Hall–Kier alpha value is -2.40. The lowest BCUT2D eigenvalue weighted by Crippen LogP contribution is -2.40. The molecule has 0 fully saturated rings. The molecule has 0 amide bonds. The highest BCUT2D eigenvalue weighted by atomic mass is 35.5. The topological polar surface area (TPSA) is 56.9 Å². The standard InChI is InChI=1S/C17H16ClN3O2/c1-10-8-11(2)19-15-14(10)16(22)21(17(23)20(15)3)9-12-4-6-13(18)7-5-12/h4-8H,9H2,1-3H3. The first kappa shape index (κ1) is 15.5. The molecule has 2 heterocycles. The van der Waals surface area contributed by atoms with Crippen molar-refractivity contribution in [3.05, 3.63) is 73.0 Å². The second-order valence-electron chi connectivity index (χ2n) is 5.64. The van der Waals surface area contributed by atoms with Crippen LogP contribution in [0.5, 0.6) is 0 Å². The number of nitrogens with zero attached hydrogens (tertiary/aromatic N) is 3. The van der Waals surface area contributed by atoms with Crippen molar-refractivity contribution in [3.8, 4) is 0 Å². The molecule has 0 spiro atoms. The molecule has 0 bridgehead atoms. The summed E-state index contributed by atoms with van der Waals surface area (Å²) in [5.74, 6) is 0. The van der Waals surface area contributed by atoms with E-state index >= 15 is 0 Å². The summed E-state index contributed by atoms with van der Waals surface area (Å²) in [4.78, 5) is 29.7. The van der Waals surface area contributed by atoms with Gasteiger partial charge < -0.3 is 0 Å². The number of fused-ring (bicyclic) bond motifs is 1. The van der Waals surface area contributed by atoms with Crippen LogP contribution in [0.3, 0.4) is 0 Å². The van der Waals surface area contributed by atoms with Gasteiger partial charge in [0.2, 0.25) is 0 Å². The summed E-state index contributed by atoms with van der Waals surface area (Å²) in [5.41, 5.74) is 2.16. The molecule has 118 valence electrons. The Kier molecular flexibility index (Phi) is 3.82. The lowest BCUT2D eigenvalue weighted by atomic mass is 10.1. The zero-order chi connectivity index (χ0) is 16.7. The fraction of sp³-hybridized carbons (Fsp3) is 0.235. The van der Waals surface area contributed by atoms with E-state index in [2.05, 4.69) is 4.98 Å². The Morgan fingerprint density at radius 1 is 1.13 bits per heavy atom. The maximum absolute atomic E-state index is 12.8. The van der Waals surface area contributed by atoms with Gasteiger partial charge in [0.1, 0.15) is 5.65 Å². The zero-order valence-corrected chi connectivity index (χ0v) is 13.9. The molecule has 3 rings (SSSR count). The summed E-state index contributed by atoms with van der Waals surface area (Å²) in [6.07, 6.45) is 0. The molecule has 0 saturated carbocycles. The van der Waals surface area contributed by atoms with E-state index < -0.39 is 0 Å². The van der Waals surface area contributed by atoms with Crippen molar-refractivity contribution in [2.24, 2.45) is 7.05 Å². The second-order valence-corrected chi connectivity index (χ2v) is 6.07. The Balaban J connectivity index is 2.28. The van der Waals surface area contributed by atoms with Gasteiger partial charge in [-0.25, -0.2) is 9.78 Å². The van der Waals surface area contributed by atoms with E-state index in [-0.39, 0.29) is 17.8 Å². The average Bonchev–Trinajstić information content (AvgIpc) is 2.50. The number of benzene rings is 1. The first-order valence-corrected chi connectivity index (χ1v) is 7.58. The number of halogens is 1. The summed E-state index contributed by atoms with van der Waals surface area (Å²) in [6, 6.07) is 8.94. The van der Waals surface area contributed by atoms with Crippen molar-refractivity contribution < 1.29 is 0 Å². The van der Waals surface area contributed by atoms with E-state index in [1.165, 1.54) is 9.13 Å². The molecule has 23 heavy (non-hydrogen) atoms. The Morgan fingerprint density at radius 3 is 2.43 bits per heavy atom. The third kappa shape index (κ3) is 2.68. The molecule has 5 nitrogen and oxygen atoms in total. The first-order chi connectivity index (χ1) is 10.9. The van der Waals surface area contributed by atoms with Crippen LogP contribution in [0.1, 0.15) is 16.8 Å². The SMILES string of the molecule is Cc1cc(C)c2c(=O)n(Cc3ccc(Cl)cc3)c(=O)n(C)c2n1. The fourth-order valence-electron chi connectivity index (χ4n) is 2.73. The highest BCUT2D eigenvalue weighted by Gasteiger charge is 2.14. The molecular formula is C17H16ClN3O2. The van der Waals surface area contributed by atoms with Gasteiger partial charge in [-0.1, -0.05) is 23.7 Å². The van der Waals surface area contributed by atoms with Crippen LogP contribution in [0.2, 0.25) is 5.02 Å². The summed E-state index contributed by atoms with van der Waals surface area (Å²) >= 11 is 5.87. The van der Waals surface area contributed by atoms with Gasteiger partial charge in [0, 0.05) is 17.8 Å². The van der Waals surface area contributed by atoms with Gasteiger partial charge in [0.25, 0.3) is 5.56 Å². The fourth-order valence-corrected chi connectivity index (χ4v) is 2.86. The lowest BCUT2D eigenvalue weighted by molar-refractivity contribution is 0.656. The molecular weight excluding hydrogens is 314 g/mol. The molecule has 0 radical (unpaired) electrons. The third-order valence-electron chi connectivity index (χ3n) is 3.87. The quantitative estimate of drug-likeness (QED) is 0.725. The van der Waals surface area contributed by atoms with Gasteiger partial charge in [-0.05, 0) is 43.2 Å². The lowest BCUT2D eigenvalue weighted by Gasteiger charge is -2.12. The normalized spacial score (nSPS) is 11.1.